The number of nitrogens with zero attached hydrogens (tertiary/aromatic N) is 1. The Bertz CT molecular complexity index is 677. The predicted molar refractivity (Wildman–Crippen MR) is 97.0 cm³/mol. The van der Waals surface area contributed by atoms with Gasteiger partial charge >= 0.3 is 5.97 Å². The molecule has 0 fully saturated rings. The lowest BCUT2D eigenvalue weighted by Crippen LogP contribution is -2.25. The lowest BCUT2D eigenvalue weighted by molar-refractivity contribution is -0.137. The van der Waals surface area contributed by atoms with Crippen molar-refractivity contribution in [2.75, 3.05) is 6.54 Å². The molecule has 0 saturated heterocycles. The Labute approximate surface area is 154 Å². The second kappa shape index (κ2) is 8.69. The van der Waals surface area contributed by atoms with E-state index in [0.29, 0.717) is 29.7 Å². The van der Waals surface area contributed by atoms with Crippen LogP contribution in [0.2, 0.25) is 10.0 Å². The Morgan fingerprint density at radius 1 is 1.00 bits per heavy atom. The third-order valence-corrected chi connectivity index (χ3v) is 4.62. The quantitative estimate of drug-likeness (QED) is 0.671. The van der Waals surface area contributed by atoms with Crippen LogP contribution < -0.4 is 0 Å². The van der Waals surface area contributed by atoms with Crippen molar-refractivity contribution in [3.05, 3.63) is 68.1 Å². The minimum atomic E-state index is -0.806. The van der Waals surface area contributed by atoms with E-state index >= 15 is 0 Å². The Morgan fingerprint density at radius 2 is 1.61 bits per heavy atom. The monoisotopic (exact) mass is 415 g/mol. The first-order chi connectivity index (χ1) is 10.9. The lowest BCUT2D eigenvalue weighted by Gasteiger charge is -2.22. The van der Waals surface area contributed by atoms with E-state index in [2.05, 4.69) is 20.8 Å². The maximum atomic E-state index is 10.9. The van der Waals surface area contributed by atoms with E-state index < -0.39 is 5.97 Å². The molecule has 0 aliphatic heterocycles. The highest BCUT2D eigenvalue weighted by Gasteiger charge is 2.10. The molecule has 6 heteroatoms. The van der Waals surface area contributed by atoms with Crippen molar-refractivity contribution < 1.29 is 9.90 Å². The van der Waals surface area contributed by atoms with Gasteiger partial charge in [0.05, 0.1) is 16.5 Å². The molecular formula is C17H16BrCl2NO2. The minimum Gasteiger partial charge on any atom is -0.481 e. The van der Waals surface area contributed by atoms with E-state index in [9.17, 15) is 4.79 Å². The van der Waals surface area contributed by atoms with Gasteiger partial charge in [0.15, 0.2) is 0 Å². The van der Waals surface area contributed by atoms with Crippen molar-refractivity contribution in [3.63, 3.8) is 0 Å². The molecule has 2 aromatic rings. The van der Waals surface area contributed by atoms with Crippen LogP contribution in [0.1, 0.15) is 17.5 Å². The molecule has 0 bridgehead atoms. The van der Waals surface area contributed by atoms with Gasteiger partial charge in [0.25, 0.3) is 0 Å². The Morgan fingerprint density at radius 3 is 2.22 bits per heavy atom. The zero-order chi connectivity index (χ0) is 16.8. The first kappa shape index (κ1) is 18.3. The van der Waals surface area contributed by atoms with E-state index in [1.807, 2.05) is 36.4 Å². The predicted octanol–water partition coefficient (Wildman–Crippen LogP) is 5.23. The van der Waals surface area contributed by atoms with Gasteiger partial charge < -0.3 is 5.11 Å². The van der Waals surface area contributed by atoms with Gasteiger partial charge in [0.1, 0.15) is 0 Å². The van der Waals surface area contributed by atoms with E-state index in [-0.39, 0.29) is 6.42 Å². The van der Waals surface area contributed by atoms with Gasteiger partial charge in [-0.25, -0.2) is 0 Å². The summed E-state index contributed by atoms with van der Waals surface area (Å²) in [5.41, 5.74) is 2.13. The average Bonchev–Trinajstić information content (AvgIpc) is 2.51. The number of benzene rings is 2. The molecule has 2 aromatic carbocycles. The maximum absolute atomic E-state index is 10.9. The van der Waals surface area contributed by atoms with Crippen LogP contribution in [0, 0.1) is 0 Å². The molecular weight excluding hydrogens is 401 g/mol. The summed E-state index contributed by atoms with van der Waals surface area (Å²) < 4.78 is 1.02. The van der Waals surface area contributed by atoms with E-state index in [1.165, 1.54) is 0 Å². The number of hydrogen-bond acceptors (Lipinski definition) is 2. The summed E-state index contributed by atoms with van der Waals surface area (Å²) in [6, 6.07) is 13.5. The molecule has 0 atom stereocenters. The van der Waals surface area contributed by atoms with Gasteiger partial charge in [0, 0.05) is 24.1 Å². The summed E-state index contributed by atoms with van der Waals surface area (Å²) in [5, 5.41) is 9.96. The highest BCUT2D eigenvalue weighted by atomic mass is 79.9. The minimum absolute atomic E-state index is 0.0951. The highest BCUT2D eigenvalue weighted by Crippen LogP contribution is 2.23. The Balaban J connectivity index is 2.10. The third kappa shape index (κ3) is 6.15. The zero-order valence-corrected chi connectivity index (χ0v) is 15.4. The van der Waals surface area contributed by atoms with Gasteiger partial charge in [-0.3, -0.25) is 9.69 Å². The molecule has 1 N–H and O–H groups in total. The second-order valence-electron chi connectivity index (χ2n) is 5.23. The summed E-state index contributed by atoms with van der Waals surface area (Å²) in [5.74, 6) is -0.806. The van der Waals surface area contributed by atoms with Crippen LogP contribution in [0.25, 0.3) is 0 Å². The van der Waals surface area contributed by atoms with Gasteiger partial charge in [-0.2, -0.15) is 0 Å². The second-order valence-corrected chi connectivity index (χ2v) is 6.96. The van der Waals surface area contributed by atoms with Crippen molar-refractivity contribution in [3.8, 4) is 0 Å². The fourth-order valence-corrected chi connectivity index (χ4v) is 2.80. The van der Waals surface area contributed by atoms with Crippen LogP contribution in [0.5, 0.6) is 0 Å². The van der Waals surface area contributed by atoms with Crippen molar-refractivity contribution in [2.24, 2.45) is 0 Å². The SMILES string of the molecule is O=C(O)CCN(Cc1ccc(Br)cc1)Cc1ccc(Cl)c(Cl)c1. The van der Waals surface area contributed by atoms with Gasteiger partial charge in [-0.1, -0.05) is 57.3 Å². The number of hydrogen-bond donors (Lipinski definition) is 1. The molecule has 2 rings (SSSR count). The van der Waals surface area contributed by atoms with Crippen LogP contribution in [-0.4, -0.2) is 22.5 Å². The Hall–Kier alpha value is -1.07. The standard InChI is InChI=1S/C17H16BrCl2NO2/c18-14-4-1-12(2-5-14)10-21(8-7-17(22)23)11-13-3-6-15(19)16(20)9-13/h1-6,9H,7-8,10-11H2,(H,22,23). The fraction of sp³-hybridized carbons (Fsp3) is 0.235. The number of halogens is 3. The van der Waals surface area contributed by atoms with E-state index in [0.717, 1.165) is 15.6 Å². The molecule has 0 saturated carbocycles. The normalized spacial score (nSPS) is 11.0. The summed E-state index contributed by atoms with van der Waals surface area (Å²) in [7, 11) is 0. The van der Waals surface area contributed by atoms with Crippen LogP contribution in [0.4, 0.5) is 0 Å². The van der Waals surface area contributed by atoms with Gasteiger partial charge in [-0.05, 0) is 35.4 Å². The van der Waals surface area contributed by atoms with Crippen LogP contribution in [-0.2, 0) is 17.9 Å². The van der Waals surface area contributed by atoms with E-state index in [4.69, 9.17) is 28.3 Å². The molecule has 0 aliphatic carbocycles. The molecule has 0 spiro atoms. The first-order valence-electron chi connectivity index (χ1n) is 7.06. The number of carboxylic acid groups (broad SMARTS) is 1. The number of aliphatic carboxylic acids is 1. The fourth-order valence-electron chi connectivity index (χ4n) is 2.21. The van der Waals surface area contributed by atoms with Crippen molar-refractivity contribution >= 4 is 45.1 Å². The molecule has 0 aromatic heterocycles. The zero-order valence-electron chi connectivity index (χ0n) is 12.3. The first-order valence-corrected chi connectivity index (χ1v) is 8.61. The van der Waals surface area contributed by atoms with Crippen LogP contribution >= 0.6 is 39.1 Å². The smallest absolute Gasteiger partial charge is 0.304 e. The Kier molecular flexibility index (Phi) is 6.90. The van der Waals surface area contributed by atoms with Crippen molar-refractivity contribution in [2.45, 2.75) is 19.5 Å². The van der Waals surface area contributed by atoms with E-state index in [1.54, 1.807) is 6.07 Å². The summed E-state index contributed by atoms with van der Waals surface area (Å²) in [4.78, 5) is 13.0. The molecule has 0 radical (unpaired) electrons. The molecule has 122 valence electrons. The summed E-state index contributed by atoms with van der Waals surface area (Å²) in [6.45, 7) is 1.74. The average molecular weight is 417 g/mol. The summed E-state index contributed by atoms with van der Waals surface area (Å²) >= 11 is 15.4. The van der Waals surface area contributed by atoms with Gasteiger partial charge in [-0.15, -0.1) is 0 Å². The molecule has 23 heavy (non-hydrogen) atoms. The number of carboxylic acids is 1. The largest absolute Gasteiger partial charge is 0.481 e. The van der Waals surface area contributed by atoms with Crippen molar-refractivity contribution in [1.29, 1.82) is 0 Å². The number of rotatable bonds is 7. The molecule has 3 nitrogen and oxygen atoms in total. The summed E-state index contributed by atoms with van der Waals surface area (Å²) in [6.07, 6.45) is 0.0951. The molecule has 0 aliphatic rings. The lowest BCUT2D eigenvalue weighted by atomic mass is 10.1. The topological polar surface area (TPSA) is 40.5 Å². The molecule has 0 heterocycles. The third-order valence-electron chi connectivity index (χ3n) is 3.35. The maximum Gasteiger partial charge on any atom is 0.304 e. The van der Waals surface area contributed by atoms with Crippen molar-refractivity contribution in [1.82, 2.24) is 4.90 Å². The molecule has 0 unspecified atom stereocenters. The van der Waals surface area contributed by atoms with Gasteiger partial charge in [0.2, 0.25) is 0 Å². The highest BCUT2D eigenvalue weighted by molar-refractivity contribution is 9.10. The molecule has 0 amide bonds. The van der Waals surface area contributed by atoms with Crippen LogP contribution in [0.3, 0.4) is 0 Å². The number of carbonyl (C=O) groups is 1. The van der Waals surface area contributed by atoms with Crippen LogP contribution in [0.15, 0.2) is 46.9 Å².